The molecule has 2 fully saturated rings. The first-order valence-electron chi connectivity index (χ1n) is 10.5. The molecule has 156 valence electrons. The lowest BCUT2D eigenvalue weighted by Crippen LogP contribution is -2.53. The number of amides is 1. The summed E-state index contributed by atoms with van der Waals surface area (Å²) in [6.45, 7) is 3.06. The first kappa shape index (κ1) is 18.8. The summed E-state index contributed by atoms with van der Waals surface area (Å²) in [6.07, 6.45) is 10.8. The van der Waals surface area contributed by atoms with E-state index in [1.807, 2.05) is 17.2 Å². The van der Waals surface area contributed by atoms with Gasteiger partial charge in [0, 0.05) is 44.0 Å². The number of aromatic amines is 1. The molecule has 0 radical (unpaired) electrons. The van der Waals surface area contributed by atoms with Gasteiger partial charge in [0.1, 0.15) is 5.65 Å². The predicted octanol–water partition coefficient (Wildman–Crippen LogP) is 2.77. The van der Waals surface area contributed by atoms with E-state index in [0.29, 0.717) is 18.3 Å². The molecular formula is C22H26N6O2. The van der Waals surface area contributed by atoms with Crippen molar-refractivity contribution in [3.05, 3.63) is 42.5 Å². The number of piperidine rings is 2. The molecule has 5 rings (SSSR count). The Labute approximate surface area is 175 Å². The molecule has 5 heterocycles. The van der Waals surface area contributed by atoms with Crippen LogP contribution in [0.4, 0.5) is 5.82 Å². The van der Waals surface area contributed by atoms with Gasteiger partial charge in [0.2, 0.25) is 11.8 Å². The monoisotopic (exact) mass is 406 g/mol. The van der Waals surface area contributed by atoms with Crippen molar-refractivity contribution in [2.24, 2.45) is 5.41 Å². The summed E-state index contributed by atoms with van der Waals surface area (Å²) >= 11 is 0. The van der Waals surface area contributed by atoms with E-state index in [0.717, 1.165) is 67.7 Å². The first-order valence-corrected chi connectivity index (χ1v) is 10.5. The van der Waals surface area contributed by atoms with Gasteiger partial charge in [-0.15, -0.1) is 0 Å². The number of hydrogen-bond acceptors (Lipinski definition) is 6. The van der Waals surface area contributed by atoms with E-state index in [1.54, 1.807) is 25.7 Å². The molecule has 30 heavy (non-hydrogen) atoms. The highest BCUT2D eigenvalue weighted by molar-refractivity contribution is 5.85. The fourth-order valence-electron chi connectivity index (χ4n) is 4.87. The number of rotatable bonds is 4. The van der Waals surface area contributed by atoms with E-state index >= 15 is 0 Å². The summed E-state index contributed by atoms with van der Waals surface area (Å²) < 4.78 is 5.20. The zero-order valence-electron chi connectivity index (χ0n) is 17.2. The Morgan fingerprint density at radius 2 is 2.07 bits per heavy atom. The van der Waals surface area contributed by atoms with Gasteiger partial charge in [0.25, 0.3) is 0 Å². The fraction of sp³-hybridized carbons (Fsp3) is 0.455. The van der Waals surface area contributed by atoms with E-state index in [4.69, 9.17) is 4.74 Å². The van der Waals surface area contributed by atoms with Crippen LogP contribution in [0.5, 0.6) is 5.88 Å². The highest BCUT2D eigenvalue weighted by Crippen LogP contribution is 2.42. The van der Waals surface area contributed by atoms with Crippen molar-refractivity contribution in [1.82, 2.24) is 24.8 Å². The van der Waals surface area contributed by atoms with Gasteiger partial charge in [-0.05, 0) is 43.4 Å². The summed E-state index contributed by atoms with van der Waals surface area (Å²) in [6, 6.07) is 4.00. The van der Waals surface area contributed by atoms with Crippen LogP contribution in [0.3, 0.4) is 0 Å². The number of methoxy groups -OCH3 is 1. The standard InChI is InChI=1S/C22H26N6O2/c1-30-19-14-23-13-18(26-19)27-10-6-22(7-11-27)5-3-9-28(21(22)29)15-16-12-25-20-17(16)4-2-8-24-20/h2,4,8,12-14H,3,5-7,9-11,15H2,1H3,(H,24,25). The Hall–Kier alpha value is -3.16. The number of nitrogens with one attached hydrogen (secondary N) is 1. The van der Waals surface area contributed by atoms with Gasteiger partial charge in [0.15, 0.2) is 5.82 Å². The number of pyridine rings is 1. The molecule has 0 bridgehead atoms. The lowest BCUT2D eigenvalue weighted by atomic mass is 9.71. The molecule has 0 unspecified atom stereocenters. The highest BCUT2D eigenvalue weighted by Gasteiger charge is 2.45. The number of hydrogen-bond donors (Lipinski definition) is 1. The molecule has 8 heteroatoms. The second-order valence-corrected chi connectivity index (χ2v) is 8.23. The lowest BCUT2D eigenvalue weighted by molar-refractivity contribution is -0.148. The minimum absolute atomic E-state index is 0.259. The molecule has 2 aliphatic heterocycles. The third kappa shape index (κ3) is 3.26. The zero-order valence-corrected chi connectivity index (χ0v) is 17.2. The molecule has 8 nitrogen and oxygen atoms in total. The molecule has 1 spiro atoms. The van der Waals surface area contributed by atoms with E-state index in [1.165, 1.54) is 0 Å². The van der Waals surface area contributed by atoms with Gasteiger partial charge in [-0.1, -0.05) is 0 Å². The summed E-state index contributed by atoms with van der Waals surface area (Å²) in [5, 5.41) is 1.09. The van der Waals surface area contributed by atoms with Crippen LogP contribution in [0.2, 0.25) is 0 Å². The summed E-state index contributed by atoms with van der Waals surface area (Å²) in [4.78, 5) is 34.1. The van der Waals surface area contributed by atoms with Gasteiger partial charge in [-0.2, -0.15) is 4.98 Å². The maximum absolute atomic E-state index is 13.5. The fourth-order valence-corrected chi connectivity index (χ4v) is 4.87. The molecule has 1 N–H and O–H groups in total. The number of anilines is 1. The number of carbonyl (C=O) groups excluding carboxylic acids is 1. The van der Waals surface area contributed by atoms with Crippen LogP contribution < -0.4 is 9.64 Å². The third-order valence-corrected chi connectivity index (χ3v) is 6.58. The van der Waals surface area contributed by atoms with Crippen molar-refractivity contribution >= 4 is 22.8 Å². The Bertz CT molecular complexity index is 1060. The normalized spacial score (nSPS) is 18.9. The smallest absolute Gasteiger partial charge is 0.233 e. The van der Waals surface area contributed by atoms with E-state index < -0.39 is 0 Å². The molecule has 1 amide bonds. The number of aromatic nitrogens is 4. The summed E-state index contributed by atoms with van der Waals surface area (Å²) in [7, 11) is 1.60. The lowest BCUT2D eigenvalue weighted by Gasteiger charge is -2.46. The largest absolute Gasteiger partial charge is 0.480 e. The average Bonchev–Trinajstić information content (AvgIpc) is 3.20. The molecule has 3 aromatic rings. The van der Waals surface area contributed by atoms with Crippen LogP contribution in [-0.4, -0.2) is 57.5 Å². The van der Waals surface area contributed by atoms with Crippen LogP contribution in [0.25, 0.3) is 11.0 Å². The van der Waals surface area contributed by atoms with E-state index in [2.05, 4.69) is 30.9 Å². The Morgan fingerprint density at radius 1 is 1.20 bits per heavy atom. The van der Waals surface area contributed by atoms with Crippen LogP contribution in [0.1, 0.15) is 31.2 Å². The third-order valence-electron chi connectivity index (χ3n) is 6.58. The summed E-state index contributed by atoms with van der Waals surface area (Å²) in [5.74, 6) is 1.62. The average molecular weight is 406 g/mol. The quantitative estimate of drug-likeness (QED) is 0.717. The molecule has 0 aliphatic carbocycles. The van der Waals surface area contributed by atoms with Gasteiger partial charge in [-0.25, -0.2) is 4.98 Å². The summed E-state index contributed by atoms with van der Waals surface area (Å²) in [5.41, 5.74) is 1.75. The van der Waals surface area contributed by atoms with E-state index in [9.17, 15) is 4.79 Å². The highest BCUT2D eigenvalue weighted by atomic mass is 16.5. The molecule has 0 aromatic carbocycles. The van der Waals surface area contributed by atoms with Crippen molar-refractivity contribution < 1.29 is 9.53 Å². The van der Waals surface area contributed by atoms with E-state index in [-0.39, 0.29) is 5.41 Å². The molecule has 0 atom stereocenters. The van der Waals surface area contributed by atoms with Gasteiger partial charge in [-0.3, -0.25) is 9.78 Å². The maximum Gasteiger partial charge on any atom is 0.233 e. The van der Waals surface area contributed by atoms with Crippen molar-refractivity contribution in [3.63, 3.8) is 0 Å². The zero-order chi connectivity index (χ0) is 20.6. The van der Waals surface area contributed by atoms with Crippen molar-refractivity contribution in [3.8, 4) is 5.88 Å². The van der Waals surface area contributed by atoms with Gasteiger partial charge in [0.05, 0.1) is 24.9 Å². The van der Waals surface area contributed by atoms with Crippen LogP contribution >= 0.6 is 0 Å². The second kappa shape index (κ2) is 7.59. The number of H-pyrrole nitrogens is 1. The second-order valence-electron chi connectivity index (χ2n) is 8.23. The number of likely N-dealkylation sites (tertiary alicyclic amines) is 1. The Balaban J connectivity index is 1.30. The van der Waals surface area contributed by atoms with Crippen molar-refractivity contribution in [1.29, 1.82) is 0 Å². The number of carbonyl (C=O) groups is 1. The van der Waals surface area contributed by atoms with Crippen LogP contribution in [0.15, 0.2) is 36.9 Å². The van der Waals surface area contributed by atoms with Gasteiger partial charge < -0.3 is 19.5 Å². The maximum atomic E-state index is 13.5. The SMILES string of the molecule is COc1cncc(N2CCC3(CCCN(Cc4c[nH]c5ncccc45)C3=O)CC2)n1. The molecule has 0 saturated carbocycles. The van der Waals surface area contributed by atoms with Crippen molar-refractivity contribution in [2.75, 3.05) is 31.6 Å². The van der Waals surface area contributed by atoms with Crippen LogP contribution in [-0.2, 0) is 11.3 Å². The minimum atomic E-state index is -0.259. The Kier molecular flexibility index (Phi) is 4.77. The molecule has 3 aromatic heterocycles. The van der Waals surface area contributed by atoms with Gasteiger partial charge >= 0.3 is 0 Å². The van der Waals surface area contributed by atoms with Crippen molar-refractivity contribution in [2.45, 2.75) is 32.2 Å². The number of nitrogens with zero attached hydrogens (tertiary/aromatic N) is 5. The molecule has 2 aliphatic rings. The molecular weight excluding hydrogens is 380 g/mol. The first-order chi connectivity index (χ1) is 14.7. The predicted molar refractivity (Wildman–Crippen MR) is 113 cm³/mol. The Morgan fingerprint density at radius 3 is 2.90 bits per heavy atom. The molecule has 2 saturated heterocycles. The number of ether oxygens (including phenoxy) is 1. The van der Waals surface area contributed by atoms with Crippen LogP contribution in [0, 0.1) is 5.41 Å². The number of fused-ring (bicyclic) bond motifs is 1. The topological polar surface area (TPSA) is 87.2 Å². The minimum Gasteiger partial charge on any atom is -0.480 e.